The first-order valence-electron chi connectivity index (χ1n) is 4.53. The van der Waals surface area contributed by atoms with Gasteiger partial charge in [0.25, 0.3) is 0 Å². The van der Waals surface area contributed by atoms with Crippen molar-refractivity contribution in [3.8, 4) is 0 Å². The van der Waals surface area contributed by atoms with Crippen LogP contribution in [0.4, 0.5) is 0 Å². The highest BCUT2D eigenvalue weighted by molar-refractivity contribution is 7.10. The third kappa shape index (κ3) is 2.17. The van der Waals surface area contributed by atoms with Gasteiger partial charge in [-0.1, -0.05) is 23.7 Å². The molecule has 0 N–H and O–H groups in total. The van der Waals surface area contributed by atoms with Crippen LogP contribution in [0.15, 0.2) is 35.7 Å². The lowest BCUT2D eigenvalue weighted by Crippen LogP contribution is -1.85. The molecule has 14 heavy (non-hydrogen) atoms. The number of thiophene rings is 1. The Bertz CT molecular complexity index is 414. The summed E-state index contributed by atoms with van der Waals surface area (Å²) < 4.78 is 0. The van der Waals surface area contributed by atoms with E-state index in [1.54, 1.807) is 0 Å². The lowest BCUT2D eigenvalue weighted by Gasteiger charge is -2.00. The first-order valence-corrected chi connectivity index (χ1v) is 5.79. The first kappa shape index (κ1) is 9.75. The molecule has 2 heteroatoms. The highest BCUT2D eigenvalue weighted by Crippen LogP contribution is 2.20. The number of benzene rings is 1. The second kappa shape index (κ2) is 4.16. The van der Waals surface area contributed by atoms with Gasteiger partial charge in [0.2, 0.25) is 0 Å². The van der Waals surface area contributed by atoms with Crippen LogP contribution in [0.3, 0.4) is 0 Å². The third-order valence-corrected chi connectivity index (χ3v) is 3.52. The predicted octanol–water partition coefficient (Wildman–Crippen LogP) is 4.30. The Kier molecular flexibility index (Phi) is 2.90. The molecule has 0 aliphatic rings. The summed E-state index contributed by atoms with van der Waals surface area (Å²) in [7, 11) is 0. The van der Waals surface area contributed by atoms with E-state index in [9.17, 15) is 0 Å². The maximum atomic E-state index is 5.83. The van der Waals surface area contributed by atoms with Crippen LogP contribution in [0.1, 0.15) is 16.0 Å². The molecule has 0 saturated carbocycles. The zero-order valence-corrected chi connectivity index (χ0v) is 9.53. The number of aryl methyl sites for hydroxylation is 1. The quantitative estimate of drug-likeness (QED) is 0.711. The molecule has 0 radical (unpaired) electrons. The van der Waals surface area contributed by atoms with Gasteiger partial charge >= 0.3 is 0 Å². The molecule has 0 aliphatic heterocycles. The smallest absolute Gasteiger partial charge is 0.0406 e. The molecular weight excluding hydrogens is 212 g/mol. The number of rotatable bonds is 2. The highest BCUT2D eigenvalue weighted by Gasteiger charge is 2.00. The highest BCUT2D eigenvalue weighted by atomic mass is 35.5. The fraction of sp³-hybridized carbons (Fsp3) is 0.167. The summed E-state index contributed by atoms with van der Waals surface area (Å²) in [5, 5.41) is 2.94. The van der Waals surface area contributed by atoms with Gasteiger partial charge in [0.15, 0.2) is 0 Å². The van der Waals surface area contributed by atoms with Gasteiger partial charge in [-0.3, -0.25) is 0 Å². The van der Waals surface area contributed by atoms with Crippen molar-refractivity contribution in [3.05, 3.63) is 56.7 Å². The van der Waals surface area contributed by atoms with Crippen molar-refractivity contribution in [3.63, 3.8) is 0 Å². The van der Waals surface area contributed by atoms with E-state index >= 15 is 0 Å². The first-order chi connectivity index (χ1) is 6.75. The monoisotopic (exact) mass is 222 g/mol. The van der Waals surface area contributed by atoms with E-state index < -0.39 is 0 Å². The second-order valence-corrected chi connectivity index (χ2v) is 4.77. The Labute approximate surface area is 93.2 Å². The summed E-state index contributed by atoms with van der Waals surface area (Å²) >= 11 is 7.64. The maximum absolute atomic E-state index is 5.83. The minimum absolute atomic E-state index is 0.802. The molecule has 0 atom stereocenters. The molecule has 0 unspecified atom stereocenters. The molecule has 0 fully saturated rings. The summed E-state index contributed by atoms with van der Waals surface area (Å²) in [5.41, 5.74) is 2.70. The molecule has 0 nitrogen and oxygen atoms in total. The Morgan fingerprint density at radius 2 is 1.86 bits per heavy atom. The number of hydrogen-bond donors (Lipinski definition) is 0. The molecule has 0 amide bonds. The van der Waals surface area contributed by atoms with Crippen molar-refractivity contribution in [2.45, 2.75) is 13.3 Å². The van der Waals surface area contributed by atoms with Crippen LogP contribution in [0, 0.1) is 6.92 Å². The lowest BCUT2D eigenvalue weighted by molar-refractivity contribution is 1.21. The second-order valence-electron chi connectivity index (χ2n) is 3.33. The van der Waals surface area contributed by atoms with Gasteiger partial charge in [0, 0.05) is 16.3 Å². The summed E-state index contributed by atoms with van der Waals surface area (Å²) in [6.07, 6.45) is 1.01. The van der Waals surface area contributed by atoms with Crippen LogP contribution >= 0.6 is 22.9 Å². The maximum Gasteiger partial charge on any atom is 0.0406 e. The van der Waals surface area contributed by atoms with Crippen molar-refractivity contribution in [1.82, 2.24) is 0 Å². The van der Waals surface area contributed by atoms with Crippen LogP contribution in [-0.4, -0.2) is 0 Å². The zero-order valence-electron chi connectivity index (χ0n) is 7.96. The fourth-order valence-corrected chi connectivity index (χ4v) is 2.44. The SMILES string of the molecule is Cc1ccsc1Cc1ccc(Cl)cc1. The Balaban J connectivity index is 2.19. The minimum atomic E-state index is 0.802. The van der Waals surface area contributed by atoms with Crippen molar-refractivity contribution in [2.24, 2.45) is 0 Å². The van der Waals surface area contributed by atoms with Gasteiger partial charge in [0.1, 0.15) is 0 Å². The number of hydrogen-bond acceptors (Lipinski definition) is 1. The standard InChI is InChI=1S/C12H11ClS/c1-9-6-7-14-12(9)8-10-2-4-11(13)5-3-10/h2-7H,8H2,1H3. The molecule has 0 aliphatic carbocycles. The van der Waals surface area contributed by atoms with Crippen LogP contribution < -0.4 is 0 Å². The normalized spacial score (nSPS) is 10.4. The van der Waals surface area contributed by atoms with E-state index in [2.05, 4.69) is 30.5 Å². The predicted molar refractivity (Wildman–Crippen MR) is 63.3 cm³/mol. The molecule has 2 aromatic rings. The van der Waals surface area contributed by atoms with Gasteiger partial charge in [0.05, 0.1) is 0 Å². The van der Waals surface area contributed by atoms with Crippen molar-refractivity contribution in [2.75, 3.05) is 0 Å². The van der Waals surface area contributed by atoms with Crippen LogP contribution in [-0.2, 0) is 6.42 Å². The summed E-state index contributed by atoms with van der Waals surface area (Å²) in [6, 6.07) is 10.2. The van der Waals surface area contributed by atoms with E-state index in [1.807, 2.05) is 23.5 Å². The Hall–Kier alpha value is -0.790. The molecule has 2 rings (SSSR count). The Morgan fingerprint density at radius 3 is 2.43 bits per heavy atom. The van der Waals surface area contributed by atoms with Gasteiger partial charge in [-0.2, -0.15) is 0 Å². The summed E-state index contributed by atoms with van der Waals surface area (Å²) in [6.45, 7) is 2.15. The minimum Gasteiger partial charge on any atom is -0.148 e. The lowest BCUT2D eigenvalue weighted by atomic mass is 10.1. The van der Waals surface area contributed by atoms with Crippen molar-refractivity contribution >= 4 is 22.9 Å². The van der Waals surface area contributed by atoms with Gasteiger partial charge in [-0.25, -0.2) is 0 Å². The van der Waals surface area contributed by atoms with E-state index in [0.717, 1.165) is 11.4 Å². The molecule has 1 aromatic carbocycles. The summed E-state index contributed by atoms with van der Waals surface area (Å²) in [4.78, 5) is 1.44. The van der Waals surface area contributed by atoms with Crippen LogP contribution in [0.2, 0.25) is 5.02 Å². The van der Waals surface area contributed by atoms with E-state index in [0.29, 0.717) is 0 Å². The average Bonchev–Trinajstić information content (AvgIpc) is 2.56. The van der Waals surface area contributed by atoms with Gasteiger partial charge in [-0.05, 0) is 41.6 Å². The molecule has 0 spiro atoms. The molecule has 1 heterocycles. The molecular formula is C12H11ClS. The molecule has 72 valence electrons. The van der Waals surface area contributed by atoms with Crippen molar-refractivity contribution < 1.29 is 0 Å². The average molecular weight is 223 g/mol. The zero-order chi connectivity index (χ0) is 9.97. The molecule has 0 saturated heterocycles. The van der Waals surface area contributed by atoms with Gasteiger partial charge < -0.3 is 0 Å². The third-order valence-electron chi connectivity index (χ3n) is 2.25. The van der Waals surface area contributed by atoms with Crippen molar-refractivity contribution in [1.29, 1.82) is 0 Å². The van der Waals surface area contributed by atoms with Crippen LogP contribution in [0.25, 0.3) is 0 Å². The van der Waals surface area contributed by atoms with E-state index in [-0.39, 0.29) is 0 Å². The Morgan fingerprint density at radius 1 is 1.14 bits per heavy atom. The van der Waals surface area contributed by atoms with Crippen LogP contribution in [0.5, 0.6) is 0 Å². The fourth-order valence-electron chi connectivity index (χ4n) is 1.37. The molecule has 1 aromatic heterocycles. The van der Waals surface area contributed by atoms with E-state index in [1.165, 1.54) is 16.0 Å². The number of halogens is 1. The topological polar surface area (TPSA) is 0 Å². The van der Waals surface area contributed by atoms with E-state index in [4.69, 9.17) is 11.6 Å². The summed E-state index contributed by atoms with van der Waals surface area (Å²) in [5.74, 6) is 0. The molecule has 0 bridgehead atoms. The largest absolute Gasteiger partial charge is 0.148 e. The van der Waals surface area contributed by atoms with Gasteiger partial charge in [-0.15, -0.1) is 11.3 Å².